The molecule has 1 aromatic rings. The average Bonchev–Trinajstić information content (AvgIpc) is 3.10. The number of epoxide rings is 1. The normalized spacial score (nSPS) is 21.0. The van der Waals surface area contributed by atoms with Crippen LogP contribution in [-0.4, -0.2) is 30.4 Å². The molecule has 1 aliphatic heterocycles. The molecular weight excluding hydrogens is 242 g/mol. The molecule has 1 saturated heterocycles. The summed E-state index contributed by atoms with van der Waals surface area (Å²) in [6.45, 7) is 6.17. The molecule has 0 aromatic heterocycles. The maximum absolute atomic E-state index is 11.7. The molecule has 1 fully saturated rings. The first kappa shape index (κ1) is 13.9. The fourth-order valence-corrected chi connectivity index (χ4v) is 1.82. The summed E-state index contributed by atoms with van der Waals surface area (Å²) in [5, 5.41) is 11.7. The predicted octanol–water partition coefficient (Wildman–Crippen LogP) is 1.53. The number of hydrogen-bond acceptors (Lipinski definition) is 4. The molecule has 104 valence electrons. The van der Waals surface area contributed by atoms with Gasteiger partial charge in [0.25, 0.3) is 0 Å². The van der Waals surface area contributed by atoms with Crippen LogP contribution in [0.3, 0.4) is 0 Å². The second-order valence-corrected chi connectivity index (χ2v) is 5.74. The molecule has 0 radical (unpaired) electrons. The summed E-state index contributed by atoms with van der Waals surface area (Å²) in [4.78, 5) is 4.13. The zero-order valence-corrected chi connectivity index (χ0v) is 11.6. The number of nitrogens with zero attached hydrogens (tertiary/aromatic N) is 1. The van der Waals surface area contributed by atoms with Gasteiger partial charge in [0.05, 0.1) is 12.6 Å². The molecular formula is C15H20NO3-. The minimum absolute atomic E-state index is 0.0488. The Kier molecular flexibility index (Phi) is 4.10. The average molecular weight is 262 g/mol. The van der Waals surface area contributed by atoms with Crippen LogP contribution in [0.5, 0.6) is 0 Å². The van der Waals surface area contributed by atoms with E-state index in [0.717, 1.165) is 5.56 Å². The lowest BCUT2D eigenvalue weighted by Gasteiger charge is -2.30. The van der Waals surface area contributed by atoms with Crippen LogP contribution in [0.4, 0.5) is 0 Å². The topological polar surface area (TPSA) is 57.2 Å². The van der Waals surface area contributed by atoms with Gasteiger partial charge in [0, 0.05) is 5.60 Å². The molecule has 0 saturated carbocycles. The minimum Gasteiger partial charge on any atom is -0.595 e. The van der Waals surface area contributed by atoms with E-state index in [2.05, 4.69) is 4.99 Å². The molecule has 0 N–H and O–H groups in total. The molecule has 0 aliphatic carbocycles. The summed E-state index contributed by atoms with van der Waals surface area (Å²) >= 11 is 0. The number of hydrogen-bond donors (Lipinski definition) is 0. The van der Waals surface area contributed by atoms with Gasteiger partial charge in [-0.15, -0.1) is 0 Å². The van der Waals surface area contributed by atoms with Gasteiger partial charge in [-0.2, -0.15) is 0 Å². The van der Waals surface area contributed by atoms with Gasteiger partial charge in [-0.3, -0.25) is 4.99 Å². The van der Waals surface area contributed by atoms with Crippen LogP contribution in [0.1, 0.15) is 26.3 Å². The van der Waals surface area contributed by atoms with Crippen molar-refractivity contribution in [3.05, 3.63) is 35.9 Å². The van der Waals surface area contributed by atoms with Crippen LogP contribution in [0.25, 0.3) is 0 Å². The third-order valence-electron chi connectivity index (χ3n) is 2.74. The Morgan fingerprint density at radius 3 is 2.58 bits per heavy atom. The summed E-state index contributed by atoms with van der Waals surface area (Å²) in [5.41, 5.74) is 0.637. The Bertz CT molecular complexity index is 432. The van der Waals surface area contributed by atoms with Gasteiger partial charge in [0.2, 0.25) is 0 Å². The van der Waals surface area contributed by atoms with Crippen molar-refractivity contribution in [2.24, 2.45) is 4.99 Å². The molecule has 4 heteroatoms. The van der Waals surface area contributed by atoms with Crippen molar-refractivity contribution >= 4 is 6.08 Å². The lowest BCUT2D eigenvalue weighted by atomic mass is 10.0. The van der Waals surface area contributed by atoms with Crippen molar-refractivity contribution in [1.29, 1.82) is 0 Å². The van der Waals surface area contributed by atoms with Gasteiger partial charge in [-0.1, -0.05) is 51.1 Å². The molecule has 19 heavy (non-hydrogen) atoms. The fourth-order valence-electron chi connectivity index (χ4n) is 1.82. The highest BCUT2D eigenvalue weighted by Gasteiger charge is 2.32. The number of ether oxygens (including phenoxy) is 2. The van der Waals surface area contributed by atoms with Gasteiger partial charge in [0.1, 0.15) is 12.2 Å². The highest BCUT2D eigenvalue weighted by Crippen LogP contribution is 2.21. The van der Waals surface area contributed by atoms with E-state index in [1.165, 1.54) is 0 Å². The molecule has 2 atom stereocenters. The molecule has 0 spiro atoms. The lowest BCUT2D eigenvalue weighted by Crippen LogP contribution is -2.34. The standard InChI is InChI=1S/C15H21NO3/c1-15(2,3)19-14(17)16-12(13-10-18-13)9-11-7-5-4-6-8-11/h4-8,12-13H,9-10H2,1-3H3,(H,16,17)/p-1/t12-,13?/m0/s1. The van der Waals surface area contributed by atoms with Gasteiger partial charge in [-0.25, -0.2) is 0 Å². The SMILES string of the molecule is CC(C)(C)OC([O-])=N[C@@H](Cc1ccccc1)C1CO1. The van der Waals surface area contributed by atoms with Crippen LogP contribution in [0.2, 0.25) is 0 Å². The number of benzene rings is 1. The van der Waals surface area contributed by atoms with Crippen molar-refractivity contribution in [2.75, 3.05) is 6.61 Å². The first-order chi connectivity index (χ1) is 8.94. The van der Waals surface area contributed by atoms with Crippen molar-refractivity contribution in [3.8, 4) is 0 Å². The monoisotopic (exact) mass is 262 g/mol. The molecule has 1 aliphatic rings. The van der Waals surface area contributed by atoms with E-state index in [1.807, 2.05) is 51.1 Å². The Morgan fingerprint density at radius 1 is 1.42 bits per heavy atom. The largest absolute Gasteiger partial charge is 0.595 e. The molecule has 0 amide bonds. The van der Waals surface area contributed by atoms with Crippen LogP contribution in [0, 0.1) is 0 Å². The van der Waals surface area contributed by atoms with Gasteiger partial charge in [0.15, 0.2) is 0 Å². The van der Waals surface area contributed by atoms with Crippen molar-refractivity contribution in [3.63, 3.8) is 0 Å². The van der Waals surface area contributed by atoms with Crippen molar-refractivity contribution in [1.82, 2.24) is 0 Å². The molecule has 1 heterocycles. The zero-order chi connectivity index (χ0) is 13.9. The second kappa shape index (κ2) is 5.61. The van der Waals surface area contributed by atoms with Crippen LogP contribution < -0.4 is 5.11 Å². The summed E-state index contributed by atoms with van der Waals surface area (Å²) in [7, 11) is 0. The highest BCUT2D eigenvalue weighted by molar-refractivity contribution is 5.62. The summed E-state index contributed by atoms with van der Waals surface area (Å²) in [6, 6.07) is 9.83. The maximum Gasteiger partial charge on any atom is 0.146 e. The molecule has 4 nitrogen and oxygen atoms in total. The number of aliphatic imine (C=N–C) groups is 1. The highest BCUT2D eigenvalue weighted by atomic mass is 16.6. The summed E-state index contributed by atoms with van der Waals surface area (Å²) in [5.74, 6) is 0. The summed E-state index contributed by atoms with van der Waals surface area (Å²) in [6.07, 6.45) is 0.238. The zero-order valence-electron chi connectivity index (χ0n) is 11.6. The van der Waals surface area contributed by atoms with Crippen LogP contribution >= 0.6 is 0 Å². The summed E-state index contributed by atoms with van der Waals surface area (Å²) < 4.78 is 10.5. The number of rotatable bonds is 4. The lowest BCUT2D eigenvalue weighted by molar-refractivity contribution is -0.261. The Hall–Kier alpha value is -1.55. The van der Waals surface area contributed by atoms with E-state index >= 15 is 0 Å². The third-order valence-corrected chi connectivity index (χ3v) is 2.74. The second-order valence-electron chi connectivity index (χ2n) is 5.74. The van der Waals surface area contributed by atoms with E-state index in [0.29, 0.717) is 13.0 Å². The van der Waals surface area contributed by atoms with Gasteiger partial charge < -0.3 is 14.6 Å². The molecule has 1 aromatic carbocycles. The van der Waals surface area contributed by atoms with E-state index in [9.17, 15) is 5.11 Å². The van der Waals surface area contributed by atoms with E-state index in [4.69, 9.17) is 9.47 Å². The minimum atomic E-state index is -0.512. The van der Waals surface area contributed by atoms with Crippen LogP contribution in [0.15, 0.2) is 35.3 Å². The Balaban J connectivity index is 2.02. The van der Waals surface area contributed by atoms with Crippen molar-refractivity contribution in [2.45, 2.75) is 44.9 Å². The Morgan fingerprint density at radius 2 is 2.05 bits per heavy atom. The molecule has 2 rings (SSSR count). The van der Waals surface area contributed by atoms with Crippen molar-refractivity contribution < 1.29 is 14.6 Å². The van der Waals surface area contributed by atoms with E-state index in [-0.39, 0.29) is 12.1 Å². The smallest absolute Gasteiger partial charge is 0.146 e. The van der Waals surface area contributed by atoms with Gasteiger partial charge in [-0.05, 0) is 12.0 Å². The van der Waals surface area contributed by atoms with E-state index in [1.54, 1.807) is 0 Å². The molecule has 1 unspecified atom stereocenters. The quantitative estimate of drug-likeness (QED) is 0.470. The predicted molar refractivity (Wildman–Crippen MR) is 71.9 cm³/mol. The maximum atomic E-state index is 11.7. The van der Waals surface area contributed by atoms with E-state index < -0.39 is 11.7 Å². The first-order valence-electron chi connectivity index (χ1n) is 6.53. The van der Waals surface area contributed by atoms with Crippen LogP contribution in [-0.2, 0) is 15.9 Å². The van der Waals surface area contributed by atoms with Gasteiger partial charge >= 0.3 is 0 Å². The third kappa shape index (κ3) is 4.91. The fraction of sp³-hybridized carbons (Fsp3) is 0.533. The Labute approximate surface area is 114 Å². The molecule has 0 bridgehead atoms. The first-order valence-corrected chi connectivity index (χ1v) is 6.53.